The lowest BCUT2D eigenvalue weighted by Crippen LogP contribution is -2.54. The van der Waals surface area contributed by atoms with Crippen molar-refractivity contribution in [1.82, 2.24) is 20.9 Å². The normalized spacial score (nSPS) is 23.2. The van der Waals surface area contributed by atoms with Crippen LogP contribution in [0.2, 0.25) is 0 Å². The molecule has 3 aromatic carbocycles. The molecule has 0 spiro atoms. The number of Topliss-reactive ketones (excluding diaryl/α,β-unsaturated/α-hetero) is 1. The zero-order chi connectivity index (χ0) is 59.2. The van der Waals surface area contributed by atoms with E-state index in [0.29, 0.717) is 43.5 Å². The van der Waals surface area contributed by atoms with E-state index in [2.05, 4.69) is 26.3 Å². The van der Waals surface area contributed by atoms with Crippen LogP contribution in [0.25, 0.3) is 0 Å². The minimum Gasteiger partial charge on any atom is -0.507 e. The number of amides is 7. The summed E-state index contributed by atoms with van der Waals surface area (Å²) in [4.78, 5) is 123. The Labute approximate surface area is 472 Å². The lowest BCUT2D eigenvalue weighted by molar-refractivity contribution is -0.227. The van der Waals surface area contributed by atoms with Gasteiger partial charge in [0.2, 0.25) is 29.4 Å². The molecule has 438 valence electrons. The second-order valence-corrected chi connectivity index (χ2v) is 21.6. The molecule has 5 aliphatic rings. The van der Waals surface area contributed by atoms with E-state index in [-0.39, 0.29) is 96.9 Å². The number of epoxide rings is 1. The fourth-order valence-corrected chi connectivity index (χ4v) is 10.8. The number of carbonyl (C=O) groups excluding carboxylic acids is 9. The van der Waals surface area contributed by atoms with Crippen molar-refractivity contribution in [2.75, 3.05) is 25.5 Å². The number of ketones is 3. The van der Waals surface area contributed by atoms with Gasteiger partial charge in [0, 0.05) is 79.4 Å². The summed E-state index contributed by atoms with van der Waals surface area (Å²) in [5, 5.41) is 46.0. The van der Waals surface area contributed by atoms with Crippen LogP contribution in [-0.4, -0.2) is 142 Å². The molecule has 82 heavy (non-hydrogen) atoms. The van der Waals surface area contributed by atoms with Crippen molar-refractivity contribution in [2.24, 2.45) is 22.6 Å². The van der Waals surface area contributed by atoms with Gasteiger partial charge >= 0.3 is 12.1 Å². The number of phenols is 2. The summed E-state index contributed by atoms with van der Waals surface area (Å²) < 4.78 is 28.7. The third-order valence-electron chi connectivity index (χ3n) is 15.2. The predicted molar refractivity (Wildman–Crippen MR) is 292 cm³/mol. The highest BCUT2D eigenvalue weighted by Gasteiger charge is 2.50. The van der Waals surface area contributed by atoms with Crippen LogP contribution in [-0.2, 0) is 55.9 Å². The molecule has 3 unspecified atom stereocenters. The van der Waals surface area contributed by atoms with E-state index in [0.717, 1.165) is 6.92 Å². The second-order valence-electron chi connectivity index (χ2n) is 21.6. The molecular formula is C58H69N7O17. The van der Waals surface area contributed by atoms with Crippen LogP contribution < -0.4 is 31.7 Å². The van der Waals surface area contributed by atoms with E-state index in [4.69, 9.17) is 29.4 Å². The number of unbranched alkanes of at least 4 members (excludes halogenated alkanes) is 2. The van der Waals surface area contributed by atoms with Gasteiger partial charge in [0.05, 0.1) is 36.0 Å². The Bertz CT molecular complexity index is 3070. The van der Waals surface area contributed by atoms with Crippen molar-refractivity contribution in [3.8, 4) is 17.2 Å². The lowest BCUT2D eigenvalue weighted by atomic mass is 9.72. The number of aromatic hydroxyl groups is 2. The molecule has 24 heteroatoms. The van der Waals surface area contributed by atoms with Gasteiger partial charge in [0.1, 0.15) is 47.6 Å². The number of fused-ring (bicyclic) bond motifs is 4. The Morgan fingerprint density at radius 1 is 0.915 bits per heavy atom. The maximum absolute atomic E-state index is 14.0. The van der Waals surface area contributed by atoms with Crippen LogP contribution in [0.1, 0.15) is 140 Å². The Morgan fingerprint density at radius 3 is 2.37 bits per heavy atom. The van der Waals surface area contributed by atoms with E-state index in [1.54, 1.807) is 56.0 Å². The number of aliphatic hydroxyl groups is 1. The van der Waals surface area contributed by atoms with E-state index >= 15 is 0 Å². The maximum Gasteiger partial charge on any atom is 0.433 e. The summed E-state index contributed by atoms with van der Waals surface area (Å²) in [6.07, 6.45) is 2.57. The third-order valence-corrected chi connectivity index (χ3v) is 15.2. The van der Waals surface area contributed by atoms with Gasteiger partial charge in [-0.25, -0.2) is 9.59 Å². The molecule has 8 rings (SSSR count). The maximum atomic E-state index is 14.0. The summed E-state index contributed by atoms with van der Waals surface area (Å²) in [5.74, 6) is -5.86. The number of nitrogens with zero attached hydrogens (tertiary/aromatic N) is 2. The first kappa shape index (κ1) is 60.0. The molecule has 3 aliphatic heterocycles. The molecule has 9 N–H and O–H groups in total. The summed E-state index contributed by atoms with van der Waals surface area (Å²) >= 11 is 0. The Morgan fingerprint density at radius 2 is 1.66 bits per heavy atom. The monoisotopic (exact) mass is 1140 g/mol. The number of hydrogen-bond acceptors (Lipinski definition) is 17. The van der Waals surface area contributed by atoms with Crippen LogP contribution in [0, 0.1) is 11.8 Å². The fraction of sp³-hybridized carbons (Fsp3) is 0.483. The van der Waals surface area contributed by atoms with Gasteiger partial charge in [0.15, 0.2) is 24.1 Å². The van der Waals surface area contributed by atoms with Gasteiger partial charge in [-0.05, 0) is 81.7 Å². The molecule has 24 nitrogen and oxygen atoms in total. The van der Waals surface area contributed by atoms with Crippen molar-refractivity contribution in [2.45, 2.75) is 147 Å². The van der Waals surface area contributed by atoms with Gasteiger partial charge in [-0.3, -0.25) is 33.6 Å². The van der Waals surface area contributed by atoms with Crippen LogP contribution in [0.4, 0.5) is 15.3 Å². The molecule has 0 saturated carbocycles. The van der Waals surface area contributed by atoms with Crippen molar-refractivity contribution in [1.29, 1.82) is 0 Å². The topological polar surface area (TPSA) is 354 Å². The smallest absolute Gasteiger partial charge is 0.433 e. The van der Waals surface area contributed by atoms with E-state index in [1.165, 1.54) is 37.6 Å². The number of hydrogen-bond donors (Lipinski definition) is 8. The molecule has 2 aliphatic carbocycles. The van der Waals surface area contributed by atoms with Crippen LogP contribution in [0.15, 0.2) is 59.6 Å². The molecule has 0 radical (unpaired) electrons. The third kappa shape index (κ3) is 13.8. The highest BCUT2D eigenvalue weighted by molar-refractivity contribution is 6.31. The highest BCUT2D eigenvalue weighted by atomic mass is 16.7. The number of benzene rings is 3. The Kier molecular flexibility index (Phi) is 18.9. The molecule has 0 aromatic heterocycles. The minimum atomic E-state index is -2.11. The molecule has 3 heterocycles. The standard InChI is InChI=1S/C58H69N7O17/c1-29(2)48(64-41(67)14-7-6-8-22-65-42(68)20-19-39-55(65)82-39)54(74)63-37(12-10-21-60-56(59)75)53(73)62-34-17-15-32(16-18-34)28-79-57(76)61-27-33-23-30(3)80-43(24-33)81-40-26-58(77,31(4)66)25-36-45(40)52(72)47-46(50(36)70)49(69)35-11-9-13-38(78-5)44(35)51(47)71/h9,11,13,15-20,27,29-30,33,37,39-40,43,48,55,70,72,77H,6-8,10,12,14,21-26,28H2,1-5H3,(H,62,73)(H,63,74)(H,64,67)(H3,59,60,75)/b61-27+/t30-,33?,37-,39?,40-,43-,48-,55?,58-/m0/s1. The van der Waals surface area contributed by atoms with Crippen molar-refractivity contribution in [3.63, 3.8) is 0 Å². The van der Waals surface area contributed by atoms with Gasteiger partial charge in [0.25, 0.3) is 0 Å². The van der Waals surface area contributed by atoms with Crippen LogP contribution in [0.5, 0.6) is 17.2 Å². The number of phenolic OH excluding ortho intramolecular Hbond substituents is 2. The summed E-state index contributed by atoms with van der Waals surface area (Å²) in [6, 6.07) is 7.93. The Balaban J connectivity index is 0.844. The van der Waals surface area contributed by atoms with Crippen LogP contribution in [0.3, 0.4) is 0 Å². The first-order valence-corrected chi connectivity index (χ1v) is 27.4. The average Bonchev–Trinajstić information content (AvgIpc) is 2.17. The number of primary amides is 1. The number of carbonyl (C=O) groups is 9. The molecule has 7 amide bonds. The number of rotatable bonds is 23. The Hall–Kier alpha value is -8.06. The van der Waals surface area contributed by atoms with Crippen molar-refractivity contribution in [3.05, 3.63) is 93.6 Å². The largest absolute Gasteiger partial charge is 0.507 e. The second kappa shape index (κ2) is 25.8. The average molecular weight is 1140 g/mol. The number of urea groups is 1. The quantitative estimate of drug-likeness (QED) is 0.0220. The molecule has 3 aromatic rings. The van der Waals surface area contributed by atoms with E-state index in [1.807, 2.05) is 0 Å². The molecule has 2 saturated heterocycles. The SMILES string of the molecule is COc1cccc2c1C(=O)c1c(O)c3c(c(O)c1C2=O)C[C@@](O)(C(C)=O)C[C@@H]3O[C@H]1CC(/C=N/C(=O)OCc2ccc(NC(=O)[C@H](CCCNC(N)=O)NC(=O)[C@@H](NC(=O)CCCCCN3C(=O)C=CC4OC43)C(C)C)cc2)C[C@H](C)O1. The summed E-state index contributed by atoms with van der Waals surface area (Å²) in [7, 11) is 1.32. The number of nitrogens with two attached hydrogens (primary N) is 1. The minimum absolute atomic E-state index is 0.0468. The molecule has 0 bridgehead atoms. The molecule has 2 fully saturated rings. The zero-order valence-corrected chi connectivity index (χ0v) is 46.2. The van der Waals surface area contributed by atoms with Gasteiger partial charge in [-0.2, -0.15) is 4.99 Å². The number of ether oxygens (including phenoxy) is 5. The van der Waals surface area contributed by atoms with Gasteiger partial charge in [-0.15, -0.1) is 0 Å². The van der Waals surface area contributed by atoms with Gasteiger partial charge in [-0.1, -0.05) is 44.5 Å². The predicted octanol–water partition coefficient (Wildman–Crippen LogP) is 4.45. The van der Waals surface area contributed by atoms with E-state index < -0.39 is 119 Å². The van der Waals surface area contributed by atoms with Crippen molar-refractivity contribution >= 4 is 65.0 Å². The first-order valence-electron chi connectivity index (χ1n) is 27.4. The van der Waals surface area contributed by atoms with Crippen molar-refractivity contribution < 1.29 is 82.2 Å². The highest BCUT2D eigenvalue weighted by Crippen LogP contribution is 2.53. The lowest BCUT2D eigenvalue weighted by Gasteiger charge is -2.41. The number of aliphatic imine (C=N–C) groups is 1. The number of methoxy groups -OCH3 is 1. The zero-order valence-electron chi connectivity index (χ0n) is 46.2. The number of nitrogens with one attached hydrogen (secondary N) is 4. The number of anilines is 1. The van der Waals surface area contributed by atoms with E-state index in [9.17, 15) is 58.5 Å². The molecule has 9 atom stereocenters. The summed E-state index contributed by atoms with van der Waals surface area (Å²) in [5.41, 5.74) is 2.64. The fourth-order valence-electron chi connectivity index (χ4n) is 10.8. The summed E-state index contributed by atoms with van der Waals surface area (Å²) in [6.45, 7) is 6.88. The van der Waals surface area contributed by atoms with Gasteiger partial charge < -0.3 is 70.9 Å². The first-order chi connectivity index (χ1) is 39.1. The molecular weight excluding hydrogens is 1070 g/mol. The van der Waals surface area contributed by atoms with Crippen LogP contribution >= 0.6 is 0 Å².